The summed E-state index contributed by atoms with van der Waals surface area (Å²) in [5.74, 6) is 0. The first-order valence-corrected chi connectivity index (χ1v) is 6.09. The molecule has 3 heteroatoms. The van der Waals surface area contributed by atoms with Crippen LogP contribution in [-0.4, -0.2) is 4.57 Å². The van der Waals surface area contributed by atoms with Crippen molar-refractivity contribution in [1.82, 2.24) is 4.57 Å². The Morgan fingerprint density at radius 3 is 2.72 bits per heavy atom. The van der Waals surface area contributed by atoms with Gasteiger partial charge in [0.15, 0.2) is 0 Å². The van der Waals surface area contributed by atoms with Gasteiger partial charge in [-0.25, -0.2) is 0 Å². The van der Waals surface area contributed by atoms with Gasteiger partial charge >= 0.3 is 0 Å². The van der Waals surface area contributed by atoms with E-state index in [0.29, 0.717) is 11.4 Å². The van der Waals surface area contributed by atoms with Gasteiger partial charge in [-0.2, -0.15) is 5.26 Å². The standard InChI is InChI=1S/C15H17N3/c1-3-18-13(10-16)9-14(17)15(18)8-12-6-4-5-11(2)7-12/h4-7,9H,3,8,17H2,1-2H3. The second-order valence-electron chi connectivity index (χ2n) is 4.45. The summed E-state index contributed by atoms with van der Waals surface area (Å²) in [5.41, 5.74) is 10.8. The predicted molar refractivity (Wildman–Crippen MR) is 73.2 cm³/mol. The van der Waals surface area contributed by atoms with Crippen LogP contribution < -0.4 is 5.73 Å². The fourth-order valence-electron chi connectivity index (χ4n) is 2.28. The third kappa shape index (κ3) is 2.23. The smallest absolute Gasteiger partial charge is 0.122 e. The fraction of sp³-hybridized carbons (Fsp3) is 0.267. The highest BCUT2D eigenvalue weighted by Gasteiger charge is 2.12. The number of rotatable bonds is 3. The zero-order chi connectivity index (χ0) is 13.1. The van der Waals surface area contributed by atoms with Gasteiger partial charge in [0.1, 0.15) is 11.8 Å². The molecule has 2 rings (SSSR count). The lowest BCUT2D eigenvalue weighted by Crippen LogP contribution is -2.05. The summed E-state index contributed by atoms with van der Waals surface area (Å²) >= 11 is 0. The maximum absolute atomic E-state index is 9.07. The molecule has 0 aliphatic carbocycles. The number of benzene rings is 1. The first-order chi connectivity index (χ1) is 8.65. The average molecular weight is 239 g/mol. The summed E-state index contributed by atoms with van der Waals surface area (Å²) in [7, 11) is 0. The molecule has 0 saturated heterocycles. The van der Waals surface area contributed by atoms with E-state index in [-0.39, 0.29) is 0 Å². The number of aryl methyl sites for hydroxylation is 1. The zero-order valence-electron chi connectivity index (χ0n) is 10.8. The van der Waals surface area contributed by atoms with Crippen molar-refractivity contribution in [2.75, 3.05) is 5.73 Å². The highest BCUT2D eigenvalue weighted by molar-refractivity contribution is 5.52. The van der Waals surface area contributed by atoms with Crippen molar-refractivity contribution in [2.24, 2.45) is 0 Å². The molecule has 92 valence electrons. The molecule has 1 aromatic carbocycles. The number of nitrogens with zero attached hydrogens (tertiary/aromatic N) is 2. The molecule has 0 amide bonds. The lowest BCUT2D eigenvalue weighted by molar-refractivity contribution is 0.719. The van der Waals surface area contributed by atoms with Crippen LogP contribution in [0.3, 0.4) is 0 Å². The average Bonchev–Trinajstić information content (AvgIpc) is 2.66. The van der Waals surface area contributed by atoms with E-state index in [9.17, 15) is 0 Å². The molecule has 18 heavy (non-hydrogen) atoms. The summed E-state index contributed by atoms with van der Waals surface area (Å²) in [5, 5.41) is 9.07. The van der Waals surface area contributed by atoms with Crippen molar-refractivity contribution in [3.05, 3.63) is 52.8 Å². The number of hydrogen-bond acceptors (Lipinski definition) is 2. The molecule has 0 unspecified atom stereocenters. The van der Waals surface area contributed by atoms with Crippen molar-refractivity contribution < 1.29 is 0 Å². The molecule has 0 bridgehead atoms. The minimum atomic E-state index is 0.637. The van der Waals surface area contributed by atoms with Crippen LogP contribution >= 0.6 is 0 Å². The molecule has 2 N–H and O–H groups in total. The number of nitriles is 1. The molecule has 0 radical (unpaired) electrons. The Morgan fingerprint density at radius 1 is 1.33 bits per heavy atom. The molecule has 1 aromatic heterocycles. The highest BCUT2D eigenvalue weighted by atomic mass is 15.0. The number of nitrogens with two attached hydrogens (primary N) is 1. The molecule has 2 aromatic rings. The van der Waals surface area contributed by atoms with Gasteiger partial charge in [-0.15, -0.1) is 0 Å². The number of nitrogen functional groups attached to an aromatic ring is 1. The second kappa shape index (κ2) is 4.97. The highest BCUT2D eigenvalue weighted by Crippen LogP contribution is 2.21. The van der Waals surface area contributed by atoms with E-state index in [4.69, 9.17) is 11.0 Å². The normalized spacial score (nSPS) is 10.3. The first-order valence-electron chi connectivity index (χ1n) is 6.09. The van der Waals surface area contributed by atoms with Gasteiger partial charge in [0.05, 0.1) is 5.69 Å². The Balaban J connectivity index is 2.40. The van der Waals surface area contributed by atoms with Gasteiger partial charge in [0.2, 0.25) is 0 Å². The number of aromatic nitrogens is 1. The SMILES string of the molecule is CCn1c(C#N)cc(N)c1Cc1cccc(C)c1. The fourth-order valence-corrected chi connectivity index (χ4v) is 2.28. The van der Waals surface area contributed by atoms with E-state index in [1.165, 1.54) is 11.1 Å². The van der Waals surface area contributed by atoms with Gasteiger partial charge < -0.3 is 10.3 Å². The summed E-state index contributed by atoms with van der Waals surface area (Å²) in [6, 6.07) is 12.3. The molecule has 0 aliphatic rings. The zero-order valence-corrected chi connectivity index (χ0v) is 10.8. The maximum Gasteiger partial charge on any atom is 0.122 e. The summed E-state index contributed by atoms with van der Waals surface area (Å²) in [6.45, 7) is 4.87. The maximum atomic E-state index is 9.07. The Morgan fingerprint density at radius 2 is 2.11 bits per heavy atom. The van der Waals surface area contributed by atoms with E-state index < -0.39 is 0 Å². The minimum absolute atomic E-state index is 0.637. The number of hydrogen-bond donors (Lipinski definition) is 1. The second-order valence-corrected chi connectivity index (χ2v) is 4.45. The van der Waals surface area contributed by atoms with Gasteiger partial charge in [0.25, 0.3) is 0 Å². The van der Waals surface area contributed by atoms with Crippen LogP contribution in [0.15, 0.2) is 30.3 Å². The first kappa shape index (κ1) is 12.3. The molecule has 0 aliphatic heterocycles. The summed E-state index contributed by atoms with van der Waals surface area (Å²) in [4.78, 5) is 0. The van der Waals surface area contributed by atoms with Crippen LogP contribution in [0.5, 0.6) is 0 Å². The van der Waals surface area contributed by atoms with E-state index in [1.807, 2.05) is 17.6 Å². The lowest BCUT2D eigenvalue weighted by atomic mass is 10.1. The molecule has 0 atom stereocenters. The third-order valence-electron chi connectivity index (χ3n) is 3.13. The van der Waals surface area contributed by atoms with Crippen molar-refractivity contribution in [1.29, 1.82) is 5.26 Å². The van der Waals surface area contributed by atoms with Crippen LogP contribution in [0.4, 0.5) is 5.69 Å². The predicted octanol–water partition coefficient (Wildman–Crippen LogP) is 2.86. The molecular formula is C15H17N3. The monoisotopic (exact) mass is 239 g/mol. The Hall–Kier alpha value is -2.21. The largest absolute Gasteiger partial charge is 0.397 e. The van der Waals surface area contributed by atoms with Gasteiger partial charge in [-0.1, -0.05) is 29.8 Å². The van der Waals surface area contributed by atoms with Crippen LogP contribution in [0.1, 0.15) is 29.4 Å². The molecule has 0 saturated carbocycles. The van der Waals surface area contributed by atoms with E-state index in [2.05, 4.69) is 31.2 Å². The van der Waals surface area contributed by atoms with Crippen LogP contribution in [0.2, 0.25) is 0 Å². The van der Waals surface area contributed by atoms with E-state index in [1.54, 1.807) is 6.07 Å². The molecular weight excluding hydrogens is 222 g/mol. The lowest BCUT2D eigenvalue weighted by Gasteiger charge is -2.09. The molecule has 0 fully saturated rings. The molecule has 0 spiro atoms. The molecule has 1 heterocycles. The third-order valence-corrected chi connectivity index (χ3v) is 3.13. The van der Waals surface area contributed by atoms with Crippen LogP contribution in [-0.2, 0) is 13.0 Å². The topological polar surface area (TPSA) is 54.7 Å². The van der Waals surface area contributed by atoms with Gasteiger partial charge in [-0.05, 0) is 25.5 Å². The van der Waals surface area contributed by atoms with Crippen LogP contribution in [0.25, 0.3) is 0 Å². The van der Waals surface area contributed by atoms with E-state index in [0.717, 1.165) is 18.7 Å². The summed E-state index contributed by atoms with van der Waals surface area (Å²) < 4.78 is 1.98. The molecule has 3 nitrogen and oxygen atoms in total. The van der Waals surface area contributed by atoms with Gasteiger partial charge in [0, 0.05) is 18.7 Å². The van der Waals surface area contributed by atoms with Gasteiger partial charge in [-0.3, -0.25) is 0 Å². The minimum Gasteiger partial charge on any atom is -0.397 e. The van der Waals surface area contributed by atoms with Crippen molar-refractivity contribution in [3.8, 4) is 6.07 Å². The Kier molecular flexibility index (Phi) is 3.38. The van der Waals surface area contributed by atoms with E-state index >= 15 is 0 Å². The quantitative estimate of drug-likeness (QED) is 0.895. The Labute approximate surface area is 107 Å². The number of anilines is 1. The Bertz CT molecular complexity index is 603. The van der Waals surface area contributed by atoms with Crippen molar-refractivity contribution >= 4 is 5.69 Å². The van der Waals surface area contributed by atoms with Crippen molar-refractivity contribution in [3.63, 3.8) is 0 Å². The summed E-state index contributed by atoms with van der Waals surface area (Å²) in [6.07, 6.45) is 0.767. The van der Waals surface area contributed by atoms with Crippen LogP contribution in [0, 0.1) is 18.3 Å². The van der Waals surface area contributed by atoms with Crippen molar-refractivity contribution in [2.45, 2.75) is 26.8 Å².